The molecule has 0 aromatic carbocycles. The number of nitrogens with two attached hydrogens (primary N) is 1. The SMILES string of the molecule is Nc1ncc(Cn2ccnc2)s1. The van der Waals surface area contributed by atoms with Crippen LogP contribution in [0.2, 0.25) is 0 Å². The Morgan fingerprint density at radius 2 is 2.50 bits per heavy atom. The number of nitrogens with zero attached hydrogens (tertiary/aromatic N) is 3. The number of nitrogen functional groups attached to an aromatic ring is 1. The van der Waals surface area contributed by atoms with E-state index in [1.54, 1.807) is 18.7 Å². The van der Waals surface area contributed by atoms with Crippen LogP contribution in [0.1, 0.15) is 4.88 Å². The van der Waals surface area contributed by atoms with E-state index in [9.17, 15) is 0 Å². The van der Waals surface area contributed by atoms with E-state index < -0.39 is 0 Å². The summed E-state index contributed by atoms with van der Waals surface area (Å²) in [4.78, 5) is 9.04. The number of rotatable bonds is 2. The van der Waals surface area contributed by atoms with Crippen molar-refractivity contribution in [2.75, 3.05) is 5.73 Å². The predicted molar refractivity (Wildman–Crippen MR) is 47.9 cm³/mol. The molecule has 0 radical (unpaired) electrons. The van der Waals surface area contributed by atoms with E-state index in [1.807, 2.05) is 10.8 Å². The van der Waals surface area contributed by atoms with E-state index in [4.69, 9.17) is 5.73 Å². The normalized spacial score (nSPS) is 10.3. The van der Waals surface area contributed by atoms with Crippen molar-refractivity contribution >= 4 is 16.5 Å². The van der Waals surface area contributed by atoms with E-state index >= 15 is 0 Å². The lowest BCUT2D eigenvalue weighted by Crippen LogP contribution is -1.92. The van der Waals surface area contributed by atoms with Gasteiger partial charge >= 0.3 is 0 Å². The minimum atomic E-state index is 0.616. The van der Waals surface area contributed by atoms with Crippen molar-refractivity contribution in [3.05, 3.63) is 29.8 Å². The number of hydrogen-bond donors (Lipinski definition) is 1. The van der Waals surface area contributed by atoms with Gasteiger partial charge in [-0.05, 0) is 0 Å². The first kappa shape index (κ1) is 7.30. The summed E-state index contributed by atoms with van der Waals surface area (Å²) in [6.07, 6.45) is 7.23. The maximum atomic E-state index is 5.49. The molecule has 0 atom stereocenters. The summed E-state index contributed by atoms with van der Waals surface area (Å²) in [5.41, 5.74) is 5.49. The zero-order valence-electron chi connectivity index (χ0n) is 6.34. The molecule has 2 heterocycles. The topological polar surface area (TPSA) is 56.7 Å². The summed E-state index contributed by atoms with van der Waals surface area (Å²) in [6, 6.07) is 0. The second-order valence-corrected chi connectivity index (χ2v) is 3.55. The average molecular weight is 180 g/mol. The largest absolute Gasteiger partial charge is 0.375 e. The maximum absolute atomic E-state index is 5.49. The van der Waals surface area contributed by atoms with E-state index in [1.165, 1.54) is 11.3 Å². The van der Waals surface area contributed by atoms with Gasteiger partial charge in [0.15, 0.2) is 5.13 Å². The van der Waals surface area contributed by atoms with Crippen molar-refractivity contribution in [2.24, 2.45) is 0 Å². The number of imidazole rings is 1. The molecule has 2 rings (SSSR count). The summed E-state index contributed by atoms with van der Waals surface area (Å²) >= 11 is 1.50. The van der Waals surface area contributed by atoms with Crippen molar-refractivity contribution in [1.29, 1.82) is 0 Å². The van der Waals surface area contributed by atoms with Gasteiger partial charge in [-0.25, -0.2) is 9.97 Å². The van der Waals surface area contributed by atoms with Crippen molar-refractivity contribution in [3.8, 4) is 0 Å². The number of thiazole rings is 1. The molecule has 0 amide bonds. The summed E-state index contributed by atoms with van der Waals surface area (Å²) in [5, 5.41) is 0.616. The van der Waals surface area contributed by atoms with Crippen LogP contribution in [0.4, 0.5) is 5.13 Å². The molecule has 2 aromatic rings. The Morgan fingerprint density at radius 1 is 1.58 bits per heavy atom. The molecule has 5 heteroatoms. The Kier molecular flexibility index (Phi) is 1.79. The first-order valence-corrected chi connectivity index (χ1v) is 4.32. The van der Waals surface area contributed by atoms with E-state index in [2.05, 4.69) is 9.97 Å². The van der Waals surface area contributed by atoms with Crippen LogP contribution in [0.3, 0.4) is 0 Å². The summed E-state index contributed by atoms with van der Waals surface area (Å²) in [5.74, 6) is 0. The fourth-order valence-corrected chi connectivity index (χ4v) is 1.65. The molecule has 0 bridgehead atoms. The Labute approximate surface area is 73.7 Å². The summed E-state index contributed by atoms with van der Waals surface area (Å²) < 4.78 is 1.98. The highest BCUT2D eigenvalue weighted by Crippen LogP contribution is 2.15. The smallest absolute Gasteiger partial charge is 0.180 e. The number of anilines is 1. The van der Waals surface area contributed by atoms with Crippen LogP contribution in [-0.2, 0) is 6.54 Å². The Morgan fingerprint density at radius 3 is 3.08 bits per heavy atom. The molecular weight excluding hydrogens is 172 g/mol. The second-order valence-electron chi connectivity index (χ2n) is 2.40. The second kappa shape index (κ2) is 2.94. The van der Waals surface area contributed by atoms with Crippen LogP contribution in [0.15, 0.2) is 24.9 Å². The van der Waals surface area contributed by atoms with E-state index in [0.717, 1.165) is 11.4 Å². The van der Waals surface area contributed by atoms with Gasteiger partial charge < -0.3 is 10.3 Å². The zero-order chi connectivity index (χ0) is 8.39. The van der Waals surface area contributed by atoms with Gasteiger partial charge in [-0.1, -0.05) is 0 Å². The summed E-state index contributed by atoms with van der Waals surface area (Å²) in [7, 11) is 0. The molecule has 0 saturated heterocycles. The zero-order valence-corrected chi connectivity index (χ0v) is 7.16. The van der Waals surface area contributed by atoms with Crippen molar-refractivity contribution in [2.45, 2.75) is 6.54 Å². The highest BCUT2D eigenvalue weighted by molar-refractivity contribution is 7.15. The van der Waals surface area contributed by atoms with Gasteiger partial charge in [0.1, 0.15) is 0 Å². The van der Waals surface area contributed by atoms with Crippen molar-refractivity contribution in [1.82, 2.24) is 14.5 Å². The average Bonchev–Trinajstić information content (AvgIpc) is 2.63. The van der Waals surface area contributed by atoms with Crippen LogP contribution in [0, 0.1) is 0 Å². The minimum absolute atomic E-state index is 0.616. The molecule has 2 N–H and O–H groups in total. The van der Waals surface area contributed by atoms with Gasteiger partial charge in [0.25, 0.3) is 0 Å². The molecule has 2 aromatic heterocycles. The lowest BCUT2D eigenvalue weighted by atomic mass is 10.5. The standard InChI is InChI=1S/C7H8N4S/c8-7-10-3-6(12-7)4-11-2-1-9-5-11/h1-3,5H,4H2,(H2,8,10). The van der Waals surface area contributed by atoms with Crippen LogP contribution in [0.5, 0.6) is 0 Å². The quantitative estimate of drug-likeness (QED) is 0.749. The van der Waals surface area contributed by atoms with E-state index in [0.29, 0.717) is 5.13 Å². The molecule has 0 spiro atoms. The molecule has 0 saturated carbocycles. The van der Waals surface area contributed by atoms with Crippen LogP contribution >= 0.6 is 11.3 Å². The van der Waals surface area contributed by atoms with Crippen LogP contribution < -0.4 is 5.73 Å². The first-order valence-electron chi connectivity index (χ1n) is 3.50. The van der Waals surface area contributed by atoms with Crippen LogP contribution in [0.25, 0.3) is 0 Å². The number of hydrogen-bond acceptors (Lipinski definition) is 4. The molecule has 0 aliphatic heterocycles. The number of aromatic nitrogens is 3. The fourth-order valence-electron chi connectivity index (χ4n) is 0.956. The molecule has 62 valence electrons. The van der Waals surface area contributed by atoms with Crippen molar-refractivity contribution in [3.63, 3.8) is 0 Å². The third-order valence-corrected chi connectivity index (χ3v) is 2.28. The Balaban J connectivity index is 2.14. The Hall–Kier alpha value is -1.36. The third kappa shape index (κ3) is 1.45. The monoisotopic (exact) mass is 180 g/mol. The minimum Gasteiger partial charge on any atom is -0.375 e. The molecular formula is C7H8N4S. The van der Waals surface area contributed by atoms with Crippen molar-refractivity contribution < 1.29 is 0 Å². The van der Waals surface area contributed by atoms with Gasteiger partial charge in [0, 0.05) is 23.5 Å². The lowest BCUT2D eigenvalue weighted by molar-refractivity contribution is 0.808. The van der Waals surface area contributed by atoms with Gasteiger partial charge in [-0.3, -0.25) is 0 Å². The lowest BCUT2D eigenvalue weighted by Gasteiger charge is -1.95. The molecule has 4 nitrogen and oxygen atoms in total. The molecule has 0 fully saturated rings. The third-order valence-electron chi connectivity index (χ3n) is 1.47. The van der Waals surface area contributed by atoms with Gasteiger partial charge in [-0.2, -0.15) is 0 Å². The van der Waals surface area contributed by atoms with E-state index in [-0.39, 0.29) is 0 Å². The van der Waals surface area contributed by atoms with Crippen LogP contribution in [-0.4, -0.2) is 14.5 Å². The molecule has 12 heavy (non-hydrogen) atoms. The fraction of sp³-hybridized carbons (Fsp3) is 0.143. The molecule has 0 unspecified atom stereocenters. The predicted octanol–water partition coefficient (Wildman–Crippen LogP) is 0.970. The summed E-state index contributed by atoms with van der Waals surface area (Å²) in [6.45, 7) is 0.800. The molecule has 0 aliphatic carbocycles. The van der Waals surface area contributed by atoms with Gasteiger partial charge in [-0.15, -0.1) is 11.3 Å². The Bertz CT molecular complexity index is 351. The van der Waals surface area contributed by atoms with Gasteiger partial charge in [0.05, 0.1) is 12.9 Å². The maximum Gasteiger partial charge on any atom is 0.180 e. The molecule has 0 aliphatic rings. The van der Waals surface area contributed by atoms with Gasteiger partial charge in [0.2, 0.25) is 0 Å². The highest BCUT2D eigenvalue weighted by Gasteiger charge is 1.98. The highest BCUT2D eigenvalue weighted by atomic mass is 32.1. The first-order chi connectivity index (χ1) is 5.84.